The molecule has 0 aliphatic carbocycles. The van der Waals surface area contributed by atoms with Crippen LogP contribution in [-0.2, 0) is 16.1 Å². The van der Waals surface area contributed by atoms with Crippen molar-refractivity contribution in [1.29, 1.82) is 0 Å². The van der Waals surface area contributed by atoms with Gasteiger partial charge in [-0.3, -0.25) is 19.3 Å². The largest absolute Gasteiger partial charge is 0.336 e. The number of benzene rings is 2. The molecule has 6 heteroatoms. The lowest BCUT2D eigenvalue weighted by molar-refractivity contribution is -0.134. The van der Waals surface area contributed by atoms with Gasteiger partial charge in [-0.2, -0.15) is 0 Å². The van der Waals surface area contributed by atoms with Crippen molar-refractivity contribution < 1.29 is 14.4 Å². The summed E-state index contributed by atoms with van der Waals surface area (Å²) >= 11 is 0. The SMILES string of the molecule is CCC(C)N(Cc1ccccc1)C(=O)CCN1C(=O)c2ccccc2N2C(=O)CCC12C. The highest BCUT2D eigenvalue weighted by molar-refractivity contribution is 6.10. The van der Waals surface area contributed by atoms with E-state index in [1.54, 1.807) is 15.9 Å². The molecule has 1 saturated heterocycles. The van der Waals surface area contributed by atoms with Crippen molar-refractivity contribution in [3.8, 4) is 0 Å². The van der Waals surface area contributed by atoms with E-state index in [0.29, 0.717) is 30.6 Å². The molecule has 2 aliphatic heterocycles. The van der Waals surface area contributed by atoms with Crippen molar-refractivity contribution in [2.24, 2.45) is 0 Å². The zero-order valence-corrected chi connectivity index (χ0v) is 19.1. The maximum absolute atomic E-state index is 13.4. The van der Waals surface area contributed by atoms with Crippen molar-refractivity contribution in [3.63, 3.8) is 0 Å². The predicted octanol–water partition coefficient (Wildman–Crippen LogP) is 4.20. The van der Waals surface area contributed by atoms with Crippen molar-refractivity contribution in [1.82, 2.24) is 9.80 Å². The number of hydrogen-bond donors (Lipinski definition) is 0. The quantitative estimate of drug-likeness (QED) is 0.657. The lowest BCUT2D eigenvalue weighted by Gasteiger charge is -2.48. The summed E-state index contributed by atoms with van der Waals surface area (Å²) in [5.41, 5.74) is 1.55. The highest BCUT2D eigenvalue weighted by atomic mass is 16.2. The molecule has 3 amide bonds. The molecular weight excluding hydrogens is 402 g/mol. The van der Waals surface area contributed by atoms with Crippen molar-refractivity contribution in [2.45, 2.75) is 64.7 Å². The van der Waals surface area contributed by atoms with E-state index in [-0.39, 0.29) is 36.7 Å². The molecular formula is C26H31N3O3. The lowest BCUT2D eigenvalue weighted by atomic mass is 9.98. The summed E-state index contributed by atoms with van der Waals surface area (Å²) in [5, 5.41) is 0. The first-order valence-electron chi connectivity index (χ1n) is 11.4. The van der Waals surface area contributed by atoms with E-state index >= 15 is 0 Å². The highest BCUT2D eigenvalue weighted by Crippen LogP contribution is 2.44. The summed E-state index contributed by atoms with van der Waals surface area (Å²) in [7, 11) is 0. The number of hydrogen-bond acceptors (Lipinski definition) is 3. The normalized spacial score (nSPS) is 20.7. The number of nitrogens with zero attached hydrogens (tertiary/aromatic N) is 3. The monoisotopic (exact) mass is 433 g/mol. The van der Waals surface area contributed by atoms with Crippen LogP contribution in [0.1, 0.15) is 62.4 Å². The zero-order chi connectivity index (χ0) is 22.9. The third-order valence-electron chi connectivity index (χ3n) is 6.93. The predicted molar refractivity (Wildman–Crippen MR) is 124 cm³/mol. The second kappa shape index (κ2) is 8.77. The summed E-state index contributed by atoms with van der Waals surface area (Å²) in [6.45, 7) is 6.90. The fourth-order valence-corrected chi connectivity index (χ4v) is 4.88. The number of fused-ring (bicyclic) bond motifs is 3. The van der Waals surface area contributed by atoms with Crippen LogP contribution >= 0.6 is 0 Å². The molecule has 6 nitrogen and oxygen atoms in total. The Morgan fingerprint density at radius 2 is 1.78 bits per heavy atom. The van der Waals surface area contributed by atoms with Crippen molar-refractivity contribution >= 4 is 23.4 Å². The van der Waals surface area contributed by atoms with Crippen LogP contribution in [0.3, 0.4) is 0 Å². The molecule has 2 heterocycles. The van der Waals surface area contributed by atoms with Gasteiger partial charge < -0.3 is 9.80 Å². The summed E-state index contributed by atoms with van der Waals surface area (Å²) in [6.07, 6.45) is 2.05. The maximum Gasteiger partial charge on any atom is 0.257 e. The average molecular weight is 434 g/mol. The molecule has 2 atom stereocenters. The summed E-state index contributed by atoms with van der Waals surface area (Å²) in [6, 6.07) is 17.3. The van der Waals surface area contributed by atoms with E-state index in [9.17, 15) is 14.4 Å². The number of carbonyl (C=O) groups excluding carboxylic acids is 3. The fraction of sp³-hybridized carbons (Fsp3) is 0.423. The minimum Gasteiger partial charge on any atom is -0.336 e. The van der Waals surface area contributed by atoms with Gasteiger partial charge in [-0.05, 0) is 44.4 Å². The van der Waals surface area contributed by atoms with Gasteiger partial charge in [0.2, 0.25) is 11.8 Å². The third-order valence-corrected chi connectivity index (χ3v) is 6.93. The standard InChI is InChI=1S/C26H31N3O3/c1-4-19(2)27(18-20-10-6-5-7-11-20)23(30)15-17-28-25(32)21-12-8-9-13-22(21)29-24(31)14-16-26(28,29)3/h5-13,19H,4,14-18H2,1-3H3. The molecule has 0 spiro atoms. The van der Waals surface area contributed by atoms with Gasteiger partial charge in [-0.1, -0.05) is 49.4 Å². The van der Waals surface area contributed by atoms with Gasteiger partial charge >= 0.3 is 0 Å². The Kier molecular flexibility index (Phi) is 6.04. The van der Waals surface area contributed by atoms with Gasteiger partial charge in [-0.15, -0.1) is 0 Å². The molecule has 2 aromatic rings. The minimum absolute atomic E-state index is 0.0223. The van der Waals surface area contributed by atoms with Crippen LogP contribution in [0.2, 0.25) is 0 Å². The zero-order valence-electron chi connectivity index (χ0n) is 19.1. The van der Waals surface area contributed by atoms with Crippen LogP contribution in [0.5, 0.6) is 0 Å². The Morgan fingerprint density at radius 1 is 1.09 bits per heavy atom. The molecule has 0 N–H and O–H groups in total. The van der Waals surface area contributed by atoms with Gasteiger partial charge in [0.25, 0.3) is 5.91 Å². The van der Waals surface area contributed by atoms with Gasteiger partial charge in [0, 0.05) is 32.0 Å². The first kappa shape index (κ1) is 22.1. The molecule has 0 saturated carbocycles. The van der Waals surface area contributed by atoms with E-state index in [1.807, 2.05) is 60.4 Å². The smallest absolute Gasteiger partial charge is 0.257 e. The molecule has 32 heavy (non-hydrogen) atoms. The van der Waals surface area contributed by atoms with E-state index in [2.05, 4.69) is 13.8 Å². The van der Waals surface area contributed by atoms with Gasteiger partial charge in [0.15, 0.2) is 0 Å². The highest BCUT2D eigenvalue weighted by Gasteiger charge is 2.52. The number of amides is 3. The Labute approximate surface area is 189 Å². The summed E-state index contributed by atoms with van der Waals surface area (Å²) < 4.78 is 0. The molecule has 168 valence electrons. The molecule has 4 rings (SSSR count). The fourth-order valence-electron chi connectivity index (χ4n) is 4.88. The van der Waals surface area contributed by atoms with Crippen LogP contribution in [0.15, 0.2) is 54.6 Å². The summed E-state index contributed by atoms with van der Waals surface area (Å²) in [4.78, 5) is 44.8. The molecule has 0 aromatic heterocycles. The van der Waals surface area contributed by atoms with Crippen LogP contribution in [0, 0.1) is 0 Å². The Balaban J connectivity index is 1.56. The summed E-state index contributed by atoms with van der Waals surface area (Å²) in [5.74, 6) is -0.0663. The molecule has 2 aliphatic rings. The van der Waals surface area contributed by atoms with Gasteiger partial charge in [-0.25, -0.2) is 0 Å². The van der Waals surface area contributed by atoms with E-state index in [4.69, 9.17) is 0 Å². The maximum atomic E-state index is 13.4. The Morgan fingerprint density at radius 3 is 2.50 bits per heavy atom. The van der Waals surface area contributed by atoms with Crippen molar-refractivity contribution in [2.75, 3.05) is 11.4 Å². The number of carbonyl (C=O) groups is 3. The third kappa shape index (κ3) is 3.78. The number of anilines is 1. The first-order chi connectivity index (χ1) is 15.4. The van der Waals surface area contributed by atoms with E-state index < -0.39 is 5.66 Å². The van der Waals surface area contributed by atoms with Crippen LogP contribution in [0.25, 0.3) is 0 Å². The minimum atomic E-state index is -0.733. The Hall–Kier alpha value is -3.15. The number of para-hydroxylation sites is 1. The molecule has 0 bridgehead atoms. The van der Waals surface area contributed by atoms with Crippen LogP contribution in [-0.4, -0.2) is 45.8 Å². The first-order valence-corrected chi connectivity index (χ1v) is 11.4. The Bertz CT molecular complexity index is 1020. The second-order valence-electron chi connectivity index (χ2n) is 8.93. The second-order valence-corrected chi connectivity index (χ2v) is 8.93. The van der Waals surface area contributed by atoms with Crippen LogP contribution in [0.4, 0.5) is 5.69 Å². The van der Waals surface area contributed by atoms with E-state index in [0.717, 1.165) is 12.0 Å². The topological polar surface area (TPSA) is 60.9 Å². The van der Waals surface area contributed by atoms with E-state index in [1.165, 1.54) is 0 Å². The molecule has 1 fully saturated rings. The molecule has 2 aromatic carbocycles. The van der Waals surface area contributed by atoms with Gasteiger partial charge in [0.1, 0.15) is 5.66 Å². The molecule has 2 unspecified atom stereocenters. The number of rotatable bonds is 7. The van der Waals surface area contributed by atoms with Crippen LogP contribution < -0.4 is 4.90 Å². The average Bonchev–Trinajstić information content (AvgIpc) is 3.12. The van der Waals surface area contributed by atoms with Crippen molar-refractivity contribution in [3.05, 3.63) is 65.7 Å². The lowest BCUT2D eigenvalue weighted by Crippen LogP contribution is -2.62. The molecule has 0 radical (unpaired) electrons. The van der Waals surface area contributed by atoms with Gasteiger partial charge in [0.05, 0.1) is 11.3 Å².